The summed E-state index contributed by atoms with van der Waals surface area (Å²) in [6.07, 6.45) is 6.92. The molecule has 0 aromatic heterocycles. The Kier molecular flexibility index (Phi) is 3.63. The lowest BCUT2D eigenvalue weighted by Gasteiger charge is -2.54. The molecule has 4 bridgehead atoms. The maximum atomic E-state index is 12.3. The van der Waals surface area contributed by atoms with Crippen molar-refractivity contribution in [1.29, 1.82) is 0 Å². The van der Waals surface area contributed by atoms with Gasteiger partial charge in [0.15, 0.2) is 0 Å². The molecule has 0 aliphatic heterocycles. The molecule has 1 aromatic carbocycles. The Morgan fingerprint density at radius 3 is 2.30 bits per heavy atom. The first kappa shape index (κ1) is 14.7. The Hall–Kier alpha value is -1.84. The van der Waals surface area contributed by atoms with Gasteiger partial charge in [0.1, 0.15) is 0 Å². The number of rotatable bonds is 3. The van der Waals surface area contributed by atoms with E-state index in [1.54, 1.807) is 12.1 Å². The van der Waals surface area contributed by atoms with Crippen LogP contribution in [0.25, 0.3) is 0 Å². The molecular weight excluding hydrogens is 286 g/mol. The highest BCUT2D eigenvalue weighted by Crippen LogP contribution is 2.56. The number of nitrogens with zero attached hydrogens (tertiary/aromatic N) is 1. The molecule has 0 heterocycles. The number of hydrogen-bond donors (Lipinski definition) is 2. The largest absolute Gasteiger partial charge is 0.398 e. The van der Waals surface area contributed by atoms with Crippen LogP contribution in [-0.4, -0.2) is 11.6 Å². The Morgan fingerprint density at radius 2 is 1.70 bits per heavy atom. The zero-order chi connectivity index (χ0) is 16.0. The van der Waals surface area contributed by atoms with Gasteiger partial charge in [-0.05, 0) is 74.8 Å². The van der Waals surface area contributed by atoms with E-state index in [1.807, 2.05) is 12.1 Å². The van der Waals surface area contributed by atoms with Crippen LogP contribution in [0.2, 0.25) is 0 Å². The third-order valence-electron chi connectivity index (χ3n) is 6.25. The van der Waals surface area contributed by atoms with Gasteiger partial charge in [0.05, 0.1) is 5.56 Å². The van der Waals surface area contributed by atoms with Crippen LogP contribution in [0.1, 0.15) is 49.4 Å². The summed E-state index contributed by atoms with van der Waals surface area (Å²) in [6, 6.07) is 7.12. The molecule has 5 rings (SSSR count). The van der Waals surface area contributed by atoms with Gasteiger partial charge in [0, 0.05) is 17.3 Å². The van der Waals surface area contributed by atoms with Crippen molar-refractivity contribution in [3.05, 3.63) is 29.8 Å². The van der Waals surface area contributed by atoms with Gasteiger partial charge < -0.3 is 5.73 Å². The third-order valence-corrected chi connectivity index (χ3v) is 6.25. The number of nitrogens with one attached hydrogen (secondary N) is 1. The van der Waals surface area contributed by atoms with Crippen molar-refractivity contribution in [3.63, 3.8) is 0 Å². The zero-order valence-corrected chi connectivity index (χ0v) is 13.7. The molecule has 3 N–H and O–H groups in total. The molecule has 4 nitrogen and oxygen atoms in total. The Labute approximate surface area is 137 Å². The van der Waals surface area contributed by atoms with Crippen LogP contribution in [0.4, 0.5) is 5.69 Å². The molecule has 1 amide bonds. The summed E-state index contributed by atoms with van der Waals surface area (Å²) in [5.41, 5.74) is 10.7. The van der Waals surface area contributed by atoms with Gasteiger partial charge >= 0.3 is 0 Å². The number of benzene rings is 1. The minimum Gasteiger partial charge on any atom is -0.398 e. The fraction of sp³-hybridized carbons (Fsp3) is 0.579. The van der Waals surface area contributed by atoms with Gasteiger partial charge in [-0.3, -0.25) is 4.79 Å². The fourth-order valence-electron chi connectivity index (χ4n) is 5.58. The number of hydrogen-bond acceptors (Lipinski definition) is 3. The summed E-state index contributed by atoms with van der Waals surface area (Å²) in [6.45, 7) is 2.08. The van der Waals surface area contributed by atoms with Crippen molar-refractivity contribution in [2.24, 2.45) is 34.7 Å². The monoisotopic (exact) mass is 311 g/mol. The number of carbonyl (C=O) groups excluding carboxylic acids is 1. The number of nitrogen functional groups attached to an aromatic ring is 1. The second-order valence-corrected chi connectivity index (χ2v) is 7.74. The molecule has 4 aliphatic rings. The van der Waals surface area contributed by atoms with Crippen LogP contribution in [0.3, 0.4) is 0 Å². The molecule has 4 saturated carbocycles. The quantitative estimate of drug-likeness (QED) is 0.510. The van der Waals surface area contributed by atoms with Gasteiger partial charge in [-0.2, -0.15) is 5.10 Å². The summed E-state index contributed by atoms with van der Waals surface area (Å²) < 4.78 is 0. The predicted molar refractivity (Wildman–Crippen MR) is 92.0 cm³/mol. The van der Waals surface area contributed by atoms with Crippen molar-refractivity contribution < 1.29 is 4.79 Å². The molecular formula is C19H25N3O. The molecule has 0 atom stereocenters. The molecule has 1 aromatic rings. The highest BCUT2D eigenvalue weighted by Gasteiger charge is 2.49. The number of anilines is 1. The van der Waals surface area contributed by atoms with E-state index in [9.17, 15) is 4.79 Å². The number of para-hydroxylation sites is 1. The first-order valence-corrected chi connectivity index (χ1v) is 8.81. The van der Waals surface area contributed by atoms with Gasteiger partial charge in [0.25, 0.3) is 5.91 Å². The molecule has 0 unspecified atom stereocenters. The van der Waals surface area contributed by atoms with Gasteiger partial charge in [0.2, 0.25) is 0 Å². The van der Waals surface area contributed by atoms with Crippen molar-refractivity contribution in [2.75, 3.05) is 5.73 Å². The summed E-state index contributed by atoms with van der Waals surface area (Å²) in [5, 5.41) is 4.45. The average Bonchev–Trinajstić information content (AvgIpc) is 2.52. The first-order valence-electron chi connectivity index (χ1n) is 8.81. The van der Waals surface area contributed by atoms with Crippen LogP contribution >= 0.6 is 0 Å². The number of carbonyl (C=O) groups is 1. The van der Waals surface area contributed by atoms with Gasteiger partial charge in [-0.15, -0.1) is 0 Å². The first-order chi connectivity index (χ1) is 11.1. The summed E-state index contributed by atoms with van der Waals surface area (Å²) in [7, 11) is 0. The van der Waals surface area contributed by atoms with Gasteiger partial charge in [-0.1, -0.05) is 12.1 Å². The molecule has 122 valence electrons. The molecule has 4 fully saturated rings. The van der Waals surface area contributed by atoms with Crippen molar-refractivity contribution in [2.45, 2.75) is 39.0 Å². The van der Waals surface area contributed by atoms with E-state index in [1.165, 1.54) is 32.1 Å². The van der Waals surface area contributed by atoms with E-state index in [0.29, 0.717) is 17.2 Å². The fourth-order valence-corrected chi connectivity index (χ4v) is 5.58. The molecule has 0 spiro atoms. The van der Waals surface area contributed by atoms with Crippen LogP contribution in [0.15, 0.2) is 29.4 Å². The van der Waals surface area contributed by atoms with Crippen LogP contribution < -0.4 is 11.2 Å². The van der Waals surface area contributed by atoms with E-state index in [0.717, 1.165) is 29.4 Å². The van der Waals surface area contributed by atoms with Crippen LogP contribution in [0, 0.1) is 29.6 Å². The molecule has 4 aliphatic carbocycles. The maximum Gasteiger partial charge on any atom is 0.273 e. The minimum absolute atomic E-state index is 0.216. The smallest absolute Gasteiger partial charge is 0.273 e. The standard InChI is InChI=1S/C19H25N3O/c1-11(21-22-19(23)16-4-2-3-5-17(16)20)18-14-7-12-6-13(9-14)10-15(18)8-12/h2-5,12-15,18H,6-10,20H2,1H3,(H,22,23)/b21-11-. The Bertz CT molecular complexity index is 624. The second kappa shape index (κ2) is 5.66. The summed E-state index contributed by atoms with van der Waals surface area (Å²) >= 11 is 0. The highest BCUT2D eigenvalue weighted by molar-refractivity contribution is 5.99. The number of amides is 1. The molecule has 0 radical (unpaired) electrons. The van der Waals surface area contributed by atoms with Crippen LogP contribution in [-0.2, 0) is 0 Å². The van der Waals surface area contributed by atoms with Crippen LogP contribution in [0.5, 0.6) is 0 Å². The lowest BCUT2D eigenvalue weighted by molar-refractivity contribution is -0.00859. The third kappa shape index (κ3) is 2.64. The van der Waals surface area contributed by atoms with E-state index in [2.05, 4.69) is 17.5 Å². The number of nitrogens with two attached hydrogens (primary N) is 1. The zero-order valence-electron chi connectivity index (χ0n) is 13.7. The molecule has 0 saturated heterocycles. The lowest BCUT2D eigenvalue weighted by atomic mass is 9.51. The SMILES string of the molecule is C/C(=N/NC(=O)c1ccccc1N)C1C2CC3CC(C2)CC1C3. The normalized spacial score (nSPS) is 35.3. The van der Waals surface area contributed by atoms with E-state index < -0.39 is 0 Å². The predicted octanol–water partition coefficient (Wildman–Crippen LogP) is 3.45. The Balaban J connectivity index is 1.47. The number of hydrazone groups is 1. The lowest BCUT2D eigenvalue weighted by Crippen LogP contribution is -2.47. The maximum absolute atomic E-state index is 12.3. The van der Waals surface area contributed by atoms with Crippen molar-refractivity contribution in [3.8, 4) is 0 Å². The van der Waals surface area contributed by atoms with Crippen molar-refractivity contribution >= 4 is 17.3 Å². The average molecular weight is 311 g/mol. The van der Waals surface area contributed by atoms with E-state index >= 15 is 0 Å². The Morgan fingerprint density at radius 1 is 1.09 bits per heavy atom. The van der Waals surface area contributed by atoms with Gasteiger partial charge in [-0.25, -0.2) is 5.43 Å². The molecule has 4 heteroatoms. The van der Waals surface area contributed by atoms with Crippen molar-refractivity contribution in [1.82, 2.24) is 5.43 Å². The second-order valence-electron chi connectivity index (χ2n) is 7.74. The minimum atomic E-state index is -0.216. The summed E-state index contributed by atoms with van der Waals surface area (Å²) in [5.74, 6) is 3.84. The topological polar surface area (TPSA) is 67.5 Å². The summed E-state index contributed by atoms with van der Waals surface area (Å²) in [4.78, 5) is 12.3. The molecule has 23 heavy (non-hydrogen) atoms. The highest BCUT2D eigenvalue weighted by atomic mass is 16.2. The van der Waals surface area contributed by atoms with E-state index in [4.69, 9.17) is 5.73 Å². The van der Waals surface area contributed by atoms with E-state index in [-0.39, 0.29) is 5.91 Å².